The molecule has 0 radical (unpaired) electrons. The van der Waals surface area contributed by atoms with Crippen LogP contribution in [-0.2, 0) is 6.54 Å². The number of hydrogen-bond acceptors (Lipinski definition) is 3. The van der Waals surface area contributed by atoms with Gasteiger partial charge in [-0.1, -0.05) is 18.2 Å². The number of nitrogens with zero attached hydrogens (tertiary/aromatic N) is 3. The maximum Gasteiger partial charge on any atom is 0.268 e. The summed E-state index contributed by atoms with van der Waals surface area (Å²) < 4.78 is 2.08. The summed E-state index contributed by atoms with van der Waals surface area (Å²) in [6, 6.07) is 8.01. The fraction of sp³-hybridized carbons (Fsp3) is 0.133. The van der Waals surface area contributed by atoms with Crippen LogP contribution in [0.3, 0.4) is 0 Å². The van der Waals surface area contributed by atoms with E-state index in [1.165, 1.54) is 6.33 Å². The average Bonchev–Trinajstić information content (AvgIpc) is 2.88. The highest BCUT2D eigenvalue weighted by Crippen LogP contribution is 2.31. The molecule has 0 saturated carbocycles. The predicted molar refractivity (Wildman–Crippen MR) is 75.3 cm³/mol. The van der Waals surface area contributed by atoms with E-state index in [1.807, 2.05) is 24.3 Å². The molecule has 1 aromatic carbocycles. The van der Waals surface area contributed by atoms with Crippen molar-refractivity contribution in [1.82, 2.24) is 19.9 Å². The molecule has 2 aromatic heterocycles. The minimum absolute atomic E-state index is 0.0114. The van der Waals surface area contributed by atoms with Crippen molar-refractivity contribution in [2.45, 2.75) is 6.54 Å². The minimum atomic E-state index is -0.0114. The molecule has 3 aromatic rings. The lowest BCUT2D eigenvalue weighted by Crippen LogP contribution is -2.34. The van der Waals surface area contributed by atoms with Gasteiger partial charge < -0.3 is 9.88 Å². The maximum atomic E-state index is 11.9. The molecule has 5 heteroatoms. The zero-order valence-electron chi connectivity index (χ0n) is 10.7. The molecule has 3 heterocycles. The van der Waals surface area contributed by atoms with Crippen LogP contribution in [0.4, 0.5) is 0 Å². The lowest BCUT2D eigenvalue weighted by molar-refractivity contribution is 0.0929. The summed E-state index contributed by atoms with van der Waals surface area (Å²) >= 11 is 0. The second kappa shape index (κ2) is 4.16. The smallest absolute Gasteiger partial charge is 0.268 e. The lowest BCUT2D eigenvalue weighted by atomic mass is 10.1. The highest BCUT2D eigenvalue weighted by atomic mass is 16.2. The van der Waals surface area contributed by atoms with Gasteiger partial charge in [-0.25, -0.2) is 9.97 Å². The van der Waals surface area contributed by atoms with Crippen LogP contribution in [0.1, 0.15) is 10.5 Å². The number of carbonyl (C=O) groups excluding carboxylic acids is 1. The topological polar surface area (TPSA) is 59.8 Å². The van der Waals surface area contributed by atoms with Crippen LogP contribution < -0.4 is 5.32 Å². The molecule has 98 valence electrons. The molecule has 0 unspecified atom stereocenters. The second-order valence-corrected chi connectivity index (χ2v) is 4.81. The third-order valence-electron chi connectivity index (χ3n) is 3.65. The first-order valence-electron chi connectivity index (χ1n) is 6.50. The van der Waals surface area contributed by atoms with Gasteiger partial charge in [-0.2, -0.15) is 0 Å². The van der Waals surface area contributed by atoms with Gasteiger partial charge >= 0.3 is 0 Å². The molecule has 5 nitrogen and oxygen atoms in total. The molecule has 0 spiro atoms. The van der Waals surface area contributed by atoms with Crippen molar-refractivity contribution in [3.63, 3.8) is 0 Å². The predicted octanol–water partition coefficient (Wildman–Crippen LogP) is 1.84. The summed E-state index contributed by atoms with van der Waals surface area (Å²) in [5.74, 6) is -0.0114. The number of hydrogen-bond donors (Lipinski definition) is 1. The molecule has 1 amide bonds. The van der Waals surface area contributed by atoms with Crippen LogP contribution in [-0.4, -0.2) is 27.0 Å². The Hall–Kier alpha value is -2.69. The van der Waals surface area contributed by atoms with Gasteiger partial charge in [-0.05, 0) is 6.07 Å². The molecule has 4 rings (SSSR count). The van der Waals surface area contributed by atoms with Gasteiger partial charge in [0, 0.05) is 42.0 Å². The van der Waals surface area contributed by atoms with Crippen LogP contribution >= 0.6 is 0 Å². The average molecular weight is 264 g/mol. The number of nitrogens with one attached hydrogen (secondary N) is 1. The molecule has 1 N–H and O–H groups in total. The van der Waals surface area contributed by atoms with E-state index < -0.39 is 0 Å². The van der Waals surface area contributed by atoms with E-state index in [0.717, 1.165) is 34.3 Å². The summed E-state index contributed by atoms with van der Waals surface area (Å²) in [5, 5.41) is 3.94. The van der Waals surface area contributed by atoms with Crippen LogP contribution in [0.2, 0.25) is 0 Å². The van der Waals surface area contributed by atoms with Crippen molar-refractivity contribution < 1.29 is 4.79 Å². The second-order valence-electron chi connectivity index (χ2n) is 4.81. The summed E-state index contributed by atoms with van der Waals surface area (Å²) in [5.41, 5.74) is 3.82. The molecule has 0 fully saturated rings. The van der Waals surface area contributed by atoms with Crippen molar-refractivity contribution in [2.75, 3.05) is 6.54 Å². The van der Waals surface area contributed by atoms with Crippen molar-refractivity contribution in [1.29, 1.82) is 0 Å². The monoisotopic (exact) mass is 264 g/mol. The van der Waals surface area contributed by atoms with Crippen LogP contribution in [0.5, 0.6) is 0 Å². The van der Waals surface area contributed by atoms with Crippen molar-refractivity contribution in [3.05, 3.63) is 48.7 Å². The number of aromatic nitrogens is 3. The van der Waals surface area contributed by atoms with E-state index in [1.54, 1.807) is 12.4 Å². The Balaban J connectivity index is 2.06. The summed E-state index contributed by atoms with van der Waals surface area (Å²) in [7, 11) is 0. The Bertz CT molecular complexity index is 807. The normalized spacial score (nSPS) is 14.1. The first-order valence-corrected chi connectivity index (χ1v) is 6.50. The van der Waals surface area contributed by atoms with E-state index in [0.29, 0.717) is 6.54 Å². The highest BCUT2D eigenvalue weighted by Gasteiger charge is 2.21. The highest BCUT2D eigenvalue weighted by molar-refractivity contribution is 6.03. The molecule has 0 saturated heterocycles. The SMILES string of the molecule is O=C1NCCn2c1cc1cccc(-c3cncnc3)c12. The van der Waals surface area contributed by atoms with Gasteiger partial charge in [0.2, 0.25) is 0 Å². The Morgan fingerprint density at radius 3 is 2.90 bits per heavy atom. The van der Waals surface area contributed by atoms with Crippen molar-refractivity contribution in [2.24, 2.45) is 0 Å². The number of rotatable bonds is 1. The number of fused-ring (bicyclic) bond motifs is 3. The van der Waals surface area contributed by atoms with Crippen LogP contribution in [0.15, 0.2) is 43.0 Å². The Morgan fingerprint density at radius 1 is 1.20 bits per heavy atom. The molecule has 0 atom stereocenters. The van der Waals surface area contributed by atoms with Gasteiger partial charge in [0.25, 0.3) is 5.91 Å². The van der Waals surface area contributed by atoms with Crippen molar-refractivity contribution >= 4 is 16.8 Å². The van der Waals surface area contributed by atoms with Gasteiger partial charge in [-0.3, -0.25) is 4.79 Å². The zero-order valence-corrected chi connectivity index (χ0v) is 10.7. The summed E-state index contributed by atoms with van der Waals surface area (Å²) in [4.78, 5) is 20.1. The Morgan fingerprint density at radius 2 is 2.05 bits per heavy atom. The zero-order chi connectivity index (χ0) is 13.5. The molecular formula is C15H12N4O. The third-order valence-corrected chi connectivity index (χ3v) is 3.65. The molecule has 0 bridgehead atoms. The molecule has 0 aliphatic carbocycles. The van der Waals surface area contributed by atoms with Crippen molar-refractivity contribution in [3.8, 4) is 11.1 Å². The van der Waals surface area contributed by atoms with E-state index in [4.69, 9.17) is 0 Å². The molecule has 1 aliphatic heterocycles. The fourth-order valence-corrected chi connectivity index (χ4v) is 2.79. The quantitative estimate of drug-likeness (QED) is 0.729. The Kier molecular flexibility index (Phi) is 2.32. The van der Waals surface area contributed by atoms with Gasteiger partial charge in [0.15, 0.2) is 0 Å². The number of para-hydroxylation sites is 1. The summed E-state index contributed by atoms with van der Waals surface area (Å²) in [6.45, 7) is 1.45. The molecule has 20 heavy (non-hydrogen) atoms. The van der Waals surface area contributed by atoms with E-state index in [9.17, 15) is 4.79 Å². The van der Waals surface area contributed by atoms with Gasteiger partial charge in [-0.15, -0.1) is 0 Å². The van der Waals surface area contributed by atoms with Gasteiger partial charge in [0.05, 0.1) is 5.52 Å². The van der Waals surface area contributed by atoms with E-state index in [2.05, 4.69) is 19.9 Å². The molecular weight excluding hydrogens is 252 g/mol. The number of amides is 1. The number of carbonyl (C=O) groups is 1. The third kappa shape index (κ3) is 1.53. The first kappa shape index (κ1) is 11.2. The fourth-order valence-electron chi connectivity index (χ4n) is 2.79. The van der Waals surface area contributed by atoms with Gasteiger partial charge in [0.1, 0.15) is 12.0 Å². The standard InChI is InChI=1S/C15H12N4O/c20-15-13-6-10-2-1-3-12(11-7-16-9-17-8-11)14(10)19(13)5-4-18-15/h1-3,6-9H,4-5H2,(H,18,20). The summed E-state index contributed by atoms with van der Waals surface area (Å²) in [6.07, 6.45) is 5.11. The Labute approximate surface area is 115 Å². The van der Waals surface area contributed by atoms with E-state index in [-0.39, 0.29) is 5.91 Å². The number of benzene rings is 1. The lowest BCUT2D eigenvalue weighted by Gasteiger charge is -2.17. The van der Waals surface area contributed by atoms with E-state index >= 15 is 0 Å². The largest absolute Gasteiger partial charge is 0.349 e. The minimum Gasteiger partial charge on any atom is -0.349 e. The molecule has 1 aliphatic rings. The maximum absolute atomic E-state index is 11.9. The first-order chi connectivity index (χ1) is 9.84. The van der Waals surface area contributed by atoms with Crippen LogP contribution in [0, 0.1) is 0 Å². The van der Waals surface area contributed by atoms with Crippen LogP contribution in [0.25, 0.3) is 22.0 Å².